The molecule has 4 aliphatic rings. The summed E-state index contributed by atoms with van der Waals surface area (Å²) < 4.78 is 5.62. The number of esters is 1. The summed E-state index contributed by atoms with van der Waals surface area (Å²) in [4.78, 5) is 22.3. The van der Waals surface area contributed by atoms with Crippen molar-refractivity contribution < 1.29 is 19.4 Å². The lowest BCUT2D eigenvalue weighted by molar-refractivity contribution is -0.147. The van der Waals surface area contributed by atoms with E-state index in [2.05, 4.69) is 6.58 Å². The molecule has 5 heteroatoms. The molecule has 4 saturated carbocycles. The molecule has 0 amide bonds. The minimum Gasteiger partial charge on any atom is -0.481 e. The van der Waals surface area contributed by atoms with Gasteiger partial charge in [0, 0.05) is 17.1 Å². The van der Waals surface area contributed by atoms with Crippen LogP contribution in [0.1, 0.15) is 32.1 Å². The largest absolute Gasteiger partial charge is 0.481 e. The van der Waals surface area contributed by atoms with Gasteiger partial charge in [-0.15, -0.1) is 0 Å². The first-order valence-corrected chi connectivity index (χ1v) is 9.79. The first kappa shape index (κ1) is 15.6. The predicted octanol–water partition coefficient (Wildman–Crippen LogP) is 2.97. The minimum atomic E-state index is -0.699. The number of aliphatic carboxylic acids is 1. The van der Waals surface area contributed by atoms with E-state index in [-0.39, 0.29) is 18.5 Å². The smallest absolute Gasteiger partial charge is 0.330 e. The van der Waals surface area contributed by atoms with E-state index in [4.69, 9.17) is 9.84 Å². The molecule has 4 fully saturated rings. The van der Waals surface area contributed by atoms with Crippen LogP contribution >= 0.6 is 11.8 Å². The monoisotopic (exact) mass is 336 g/mol. The van der Waals surface area contributed by atoms with Crippen molar-refractivity contribution in [3.8, 4) is 0 Å². The molecule has 0 aliphatic heterocycles. The molecule has 0 aromatic rings. The highest BCUT2D eigenvalue weighted by molar-refractivity contribution is 7.99. The zero-order valence-electron chi connectivity index (χ0n) is 13.2. The van der Waals surface area contributed by atoms with E-state index in [1.54, 1.807) is 0 Å². The number of carboxylic acids is 1. The number of thioether (sulfide) groups is 1. The van der Waals surface area contributed by atoms with Gasteiger partial charge in [0.15, 0.2) is 0 Å². The summed E-state index contributed by atoms with van der Waals surface area (Å²) in [5.74, 6) is 4.12. The number of rotatable bonds is 6. The van der Waals surface area contributed by atoms with Crippen LogP contribution < -0.4 is 0 Å². The normalized spacial score (nSPS) is 45.9. The number of ether oxygens (including phenoxy) is 1. The first-order valence-electron chi connectivity index (χ1n) is 8.75. The number of fused-ring (bicyclic) bond motifs is 9. The van der Waals surface area contributed by atoms with Crippen molar-refractivity contribution in [3.63, 3.8) is 0 Å². The van der Waals surface area contributed by atoms with Gasteiger partial charge in [0.05, 0.1) is 6.42 Å². The van der Waals surface area contributed by atoms with Gasteiger partial charge < -0.3 is 9.84 Å². The maximum Gasteiger partial charge on any atom is 0.330 e. The Morgan fingerprint density at radius 1 is 1.13 bits per heavy atom. The van der Waals surface area contributed by atoms with Gasteiger partial charge in [-0.2, -0.15) is 11.8 Å². The van der Waals surface area contributed by atoms with Crippen LogP contribution in [0, 0.1) is 35.5 Å². The third kappa shape index (κ3) is 2.51. The van der Waals surface area contributed by atoms with Gasteiger partial charge >= 0.3 is 11.9 Å². The molecule has 23 heavy (non-hydrogen) atoms. The van der Waals surface area contributed by atoms with E-state index in [0.29, 0.717) is 23.0 Å². The van der Waals surface area contributed by atoms with Crippen LogP contribution in [0.4, 0.5) is 0 Å². The molecule has 0 radical (unpaired) electrons. The number of carbonyl (C=O) groups excluding carboxylic acids is 1. The Morgan fingerprint density at radius 3 is 2.61 bits per heavy atom. The van der Waals surface area contributed by atoms with Crippen molar-refractivity contribution in [2.75, 3.05) is 5.75 Å². The second-order valence-electron chi connectivity index (χ2n) is 7.68. The average Bonchev–Trinajstić information content (AvgIpc) is 3.23. The van der Waals surface area contributed by atoms with Crippen molar-refractivity contribution in [1.29, 1.82) is 0 Å². The summed E-state index contributed by atoms with van der Waals surface area (Å²) in [6.45, 7) is 3.50. The molecule has 0 spiro atoms. The Morgan fingerprint density at radius 2 is 1.87 bits per heavy atom. The third-order valence-corrected chi connectivity index (χ3v) is 8.19. The minimum absolute atomic E-state index is 0.0933. The summed E-state index contributed by atoms with van der Waals surface area (Å²) in [7, 11) is 0. The van der Waals surface area contributed by atoms with Crippen molar-refractivity contribution in [2.45, 2.75) is 43.5 Å². The summed E-state index contributed by atoms with van der Waals surface area (Å²) in [6, 6.07) is 0. The van der Waals surface area contributed by atoms with Crippen molar-refractivity contribution in [2.24, 2.45) is 35.5 Å². The highest BCUT2D eigenvalue weighted by Gasteiger charge is 2.65. The molecule has 8 atom stereocenters. The molecule has 0 saturated heterocycles. The number of carbonyl (C=O) groups is 2. The second kappa shape index (κ2) is 5.83. The maximum absolute atomic E-state index is 11.6. The van der Waals surface area contributed by atoms with Crippen LogP contribution in [0.25, 0.3) is 0 Å². The molecule has 4 bridgehead atoms. The highest BCUT2D eigenvalue weighted by Crippen LogP contribution is 2.69. The average molecular weight is 336 g/mol. The Balaban J connectivity index is 1.41. The fourth-order valence-electron chi connectivity index (χ4n) is 6.30. The lowest BCUT2D eigenvalue weighted by atomic mass is 9.70. The van der Waals surface area contributed by atoms with Crippen LogP contribution in [0.3, 0.4) is 0 Å². The number of carboxylic acid groups (broad SMARTS) is 1. The fourth-order valence-corrected chi connectivity index (χ4v) is 7.82. The van der Waals surface area contributed by atoms with E-state index in [9.17, 15) is 9.59 Å². The second-order valence-corrected chi connectivity index (χ2v) is 9.02. The molecule has 1 N–H and O–H groups in total. The maximum atomic E-state index is 11.6. The van der Waals surface area contributed by atoms with Crippen molar-refractivity contribution in [3.05, 3.63) is 12.7 Å². The van der Waals surface area contributed by atoms with Crippen LogP contribution in [0.15, 0.2) is 12.7 Å². The predicted molar refractivity (Wildman–Crippen MR) is 88.0 cm³/mol. The SMILES string of the molecule is C=CC(=O)OC1CC2CC1C1C3CC(CC3SCCC(=O)O)C21. The van der Waals surface area contributed by atoms with E-state index in [1.807, 2.05) is 11.8 Å². The third-order valence-electron chi connectivity index (χ3n) is 6.78. The molecular formula is C18H24O4S. The number of hydrogen-bond donors (Lipinski definition) is 1. The Labute approximate surface area is 141 Å². The molecule has 4 rings (SSSR count). The Hall–Kier alpha value is -0.970. The van der Waals surface area contributed by atoms with Crippen molar-refractivity contribution >= 4 is 23.7 Å². The lowest BCUT2D eigenvalue weighted by Crippen LogP contribution is -2.40. The molecule has 0 aromatic carbocycles. The molecule has 4 aliphatic carbocycles. The summed E-state index contributed by atoms with van der Waals surface area (Å²) in [6.07, 6.45) is 6.49. The summed E-state index contributed by atoms with van der Waals surface area (Å²) in [5.41, 5.74) is 0. The van der Waals surface area contributed by atoms with Crippen LogP contribution in [-0.4, -0.2) is 34.2 Å². The van der Waals surface area contributed by atoms with Gasteiger partial charge in [0.2, 0.25) is 0 Å². The van der Waals surface area contributed by atoms with Gasteiger partial charge in [-0.25, -0.2) is 4.79 Å². The van der Waals surface area contributed by atoms with Gasteiger partial charge in [0.1, 0.15) is 6.10 Å². The first-order chi connectivity index (χ1) is 11.1. The van der Waals surface area contributed by atoms with Gasteiger partial charge in [-0.05, 0) is 61.2 Å². The van der Waals surface area contributed by atoms with Crippen LogP contribution in [0.2, 0.25) is 0 Å². The Bertz CT molecular complexity index is 533. The van der Waals surface area contributed by atoms with Crippen LogP contribution in [-0.2, 0) is 14.3 Å². The van der Waals surface area contributed by atoms with E-state index >= 15 is 0 Å². The van der Waals surface area contributed by atoms with E-state index in [1.165, 1.54) is 25.3 Å². The topological polar surface area (TPSA) is 63.6 Å². The van der Waals surface area contributed by atoms with E-state index in [0.717, 1.165) is 29.9 Å². The molecular weight excluding hydrogens is 312 g/mol. The quantitative estimate of drug-likeness (QED) is 0.459. The van der Waals surface area contributed by atoms with Crippen molar-refractivity contribution in [1.82, 2.24) is 0 Å². The van der Waals surface area contributed by atoms with Gasteiger partial charge in [-0.1, -0.05) is 6.58 Å². The molecule has 0 aromatic heterocycles. The zero-order valence-corrected chi connectivity index (χ0v) is 14.0. The fraction of sp³-hybridized carbons (Fsp3) is 0.778. The lowest BCUT2D eigenvalue weighted by Gasteiger charge is -2.41. The number of hydrogen-bond acceptors (Lipinski definition) is 4. The Kier molecular flexibility index (Phi) is 3.94. The van der Waals surface area contributed by atoms with E-state index < -0.39 is 5.97 Å². The zero-order chi connectivity index (χ0) is 16.1. The molecule has 126 valence electrons. The highest BCUT2D eigenvalue weighted by atomic mass is 32.2. The van der Waals surface area contributed by atoms with Gasteiger partial charge in [-0.3, -0.25) is 4.79 Å². The standard InChI is InChI=1S/C18H24O4S/c1-2-16(21)22-13-7-9-5-11(13)18-12-6-10(17(9)18)8-14(12)23-4-3-15(19)20/h2,9-14,17-18H,1,3-8H2,(H,19,20). The van der Waals surface area contributed by atoms with Gasteiger partial charge in [0.25, 0.3) is 0 Å². The van der Waals surface area contributed by atoms with Crippen LogP contribution in [0.5, 0.6) is 0 Å². The molecule has 8 unspecified atom stereocenters. The summed E-state index contributed by atoms with van der Waals surface area (Å²) in [5, 5.41) is 9.45. The summed E-state index contributed by atoms with van der Waals surface area (Å²) >= 11 is 1.87. The molecule has 0 heterocycles. The molecule has 4 nitrogen and oxygen atoms in total.